The predicted octanol–water partition coefficient (Wildman–Crippen LogP) is 2.44. The van der Waals surface area contributed by atoms with E-state index in [1.54, 1.807) is 6.33 Å². The second-order valence-corrected chi connectivity index (χ2v) is 6.04. The Labute approximate surface area is 129 Å². The maximum absolute atomic E-state index is 4.61. The molecule has 114 valence electrons. The van der Waals surface area contributed by atoms with Gasteiger partial charge in [0.25, 0.3) is 0 Å². The third-order valence-corrected chi connectivity index (χ3v) is 4.47. The van der Waals surface area contributed by atoms with Gasteiger partial charge in [0, 0.05) is 18.4 Å². The van der Waals surface area contributed by atoms with Crippen LogP contribution in [0.5, 0.6) is 0 Å². The summed E-state index contributed by atoms with van der Waals surface area (Å²) in [5.41, 5.74) is 3.21. The lowest BCUT2D eigenvalue weighted by atomic mass is 10.2. The molecule has 6 nitrogen and oxygen atoms in total. The highest BCUT2D eigenvalue weighted by molar-refractivity contribution is 5.87. The van der Waals surface area contributed by atoms with Crippen molar-refractivity contribution in [2.24, 2.45) is 0 Å². The Balaban J connectivity index is 1.66. The zero-order valence-electron chi connectivity index (χ0n) is 13.0. The molecule has 3 aromatic rings. The van der Waals surface area contributed by atoms with Crippen molar-refractivity contribution in [2.45, 2.75) is 39.3 Å². The molecule has 1 saturated heterocycles. The van der Waals surface area contributed by atoms with Crippen molar-refractivity contribution in [1.82, 2.24) is 24.7 Å². The number of aromatic nitrogens is 5. The highest BCUT2D eigenvalue weighted by atomic mass is 15.3. The van der Waals surface area contributed by atoms with Gasteiger partial charge in [-0.25, -0.2) is 9.97 Å². The molecule has 0 radical (unpaired) electrons. The Hall–Kier alpha value is -2.37. The smallest absolute Gasteiger partial charge is 0.142 e. The molecule has 0 aliphatic carbocycles. The number of H-pyrrole nitrogens is 1. The van der Waals surface area contributed by atoms with E-state index in [0.29, 0.717) is 6.04 Å². The van der Waals surface area contributed by atoms with Gasteiger partial charge in [-0.1, -0.05) is 0 Å². The summed E-state index contributed by atoms with van der Waals surface area (Å²) < 4.78 is 2.12. The second-order valence-electron chi connectivity index (χ2n) is 6.04. The number of aryl methyl sites for hydroxylation is 2. The van der Waals surface area contributed by atoms with Crippen LogP contribution in [0.1, 0.15) is 24.2 Å². The number of nitrogens with one attached hydrogen (secondary N) is 1. The van der Waals surface area contributed by atoms with Crippen LogP contribution in [0, 0.1) is 13.8 Å². The Morgan fingerprint density at radius 2 is 2.23 bits per heavy atom. The van der Waals surface area contributed by atoms with Gasteiger partial charge >= 0.3 is 0 Å². The molecule has 0 spiro atoms. The summed E-state index contributed by atoms with van der Waals surface area (Å²) in [5, 5.41) is 5.71. The van der Waals surface area contributed by atoms with Crippen LogP contribution in [0.4, 0.5) is 5.82 Å². The fourth-order valence-electron chi connectivity index (χ4n) is 3.45. The monoisotopic (exact) mass is 296 g/mol. The van der Waals surface area contributed by atoms with Crippen molar-refractivity contribution in [3.05, 3.63) is 36.0 Å². The van der Waals surface area contributed by atoms with E-state index in [0.717, 1.165) is 35.6 Å². The van der Waals surface area contributed by atoms with E-state index in [2.05, 4.69) is 48.7 Å². The molecule has 1 atom stereocenters. The summed E-state index contributed by atoms with van der Waals surface area (Å²) in [6, 6.07) is 4.63. The lowest BCUT2D eigenvalue weighted by Crippen LogP contribution is -2.34. The van der Waals surface area contributed by atoms with E-state index in [1.807, 2.05) is 13.1 Å². The Morgan fingerprint density at radius 3 is 3.05 bits per heavy atom. The topological polar surface area (TPSA) is 62.6 Å². The number of hydrogen-bond acceptors (Lipinski definition) is 4. The molecule has 3 aromatic heterocycles. The molecule has 0 aromatic carbocycles. The van der Waals surface area contributed by atoms with Crippen molar-refractivity contribution < 1.29 is 0 Å². The molecule has 22 heavy (non-hydrogen) atoms. The van der Waals surface area contributed by atoms with E-state index in [1.165, 1.54) is 18.5 Å². The van der Waals surface area contributed by atoms with Crippen LogP contribution < -0.4 is 4.90 Å². The Kier molecular flexibility index (Phi) is 3.10. The number of hydrogen-bond donors (Lipinski definition) is 1. The fraction of sp³-hybridized carbons (Fsp3) is 0.438. The molecule has 1 fully saturated rings. The van der Waals surface area contributed by atoms with Gasteiger partial charge in [-0.3, -0.25) is 4.68 Å². The molecule has 4 heterocycles. The molecular formula is C16H20N6. The number of aromatic amines is 1. The van der Waals surface area contributed by atoms with Crippen LogP contribution in [0.3, 0.4) is 0 Å². The van der Waals surface area contributed by atoms with E-state index in [9.17, 15) is 0 Å². The van der Waals surface area contributed by atoms with Gasteiger partial charge in [-0.15, -0.1) is 0 Å². The number of nitrogens with zero attached hydrogens (tertiary/aromatic N) is 5. The third-order valence-electron chi connectivity index (χ3n) is 4.47. The second kappa shape index (κ2) is 5.12. The minimum atomic E-state index is 0.436. The summed E-state index contributed by atoms with van der Waals surface area (Å²) in [7, 11) is 0. The highest BCUT2D eigenvalue weighted by Crippen LogP contribution is 2.29. The molecule has 1 aliphatic rings. The minimum Gasteiger partial charge on any atom is -0.351 e. The normalized spacial score (nSPS) is 18.5. The molecule has 6 heteroatoms. The lowest BCUT2D eigenvalue weighted by Gasteiger charge is -2.26. The van der Waals surface area contributed by atoms with Crippen LogP contribution >= 0.6 is 0 Å². The largest absolute Gasteiger partial charge is 0.351 e. The number of fused-ring (bicyclic) bond motifs is 1. The standard InChI is InChI=1S/C16H20N6/c1-11-8-12(2)22(20-11)9-13-4-3-7-21(13)16-14-5-6-17-15(14)18-10-19-16/h5-6,8,10,13H,3-4,7,9H2,1-2H3,(H,17,18,19)/t13-/m0/s1. The number of anilines is 1. The van der Waals surface area contributed by atoms with E-state index >= 15 is 0 Å². The van der Waals surface area contributed by atoms with Gasteiger partial charge in [0.1, 0.15) is 17.8 Å². The van der Waals surface area contributed by atoms with Crippen LogP contribution in [-0.4, -0.2) is 37.3 Å². The highest BCUT2D eigenvalue weighted by Gasteiger charge is 2.28. The maximum atomic E-state index is 4.61. The lowest BCUT2D eigenvalue weighted by molar-refractivity contribution is 0.497. The first-order valence-electron chi connectivity index (χ1n) is 7.78. The molecule has 4 rings (SSSR count). The molecule has 1 aliphatic heterocycles. The molecule has 0 saturated carbocycles. The summed E-state index contributed by atoms with van der Waals surface area (Å²) in [6.07, 6.45) is 5.94. The van der Waals surface area contributed by atoms with Gasteiger partial charge in [-0.2, -0.15) is 5.10 Å². The van der Waals surface area contributed by atoms with Crippen molar-refractivity contribution in [3.63, 3.8) is 0 Å². The predicted molar refractivity (Wildman–Crippen MR) is 86.0 cm³/mol. The fourth-order valence-corrected chi connectivity index (χ4v) is 3.45. The van der Waals surface area contributed by atoms with Crippen molar-refractivity contribution in [3.8, 4) is 0 Å². The van der Waals surface area contributed by atoms with Crippen molar-refractivity contribution >= 4 is 16.9 Å². The van der Waals surface area contributed by atoms with Gasteiger partial charge in [0.2, 0.25) is 0 Å². The minimum absolute atomic E-state index is 0.436. The first-order chi connectivity index (χ1) is 10.7. The van der Waals surface area contributed by atoms with E-state index in [4.69, 9.17) is 0 Å². The van der Waals surface area contributed by atoms with Gasteiger partial charge < -0.3 is 9.88 Å². The molecular weight excluding hydrogens is 276 g/mol. The SMILES string of the molecule is Cc1cc(C)n(C[C@@H]2CCCN2c2ncnc3[nH]ccc23)n1. The van der Waals surface area contributed by atoms with Crippen molar-refractivity contribution in [1.29, 1.82) is 0 Å². The average molecular weight is 296 g/mol. The zero-order chi connectivity index (χ0) is 15.1. The Morgan fingerprint density at radius 1 is 1.32 bits per heavy atom. The summed E-state index contributed by atoms with van der Waals surface area (Å²) in [5.74, 6) is 1.04. The number of rotatable bonds is 3. The average Bonchev–Trinajstić information content (AvgIpc) is 3.20. The van der Waals surface area contributed by atoms with E-state index < -0.39 is 0 Å². The van der Waals surface area contributed by atoms with E-state index in [-0.39, 0.29) is 0 Å². The quantitative estimate of drug-likeness (QED) is 0.806. The van der Waals surface area contributed by atoms with Crippen LogP contribution in [0.15, 0.2) is 24.7 Å². The summed E-state index contributed by atoms with van der Waals surface area (Å²) in [4.78, 5) is 14.4. The first kappa shape index (κ1) is 13.3. The summed E-state index contributed by atoms with van der Waals surface area (Å²) in [6.45, 7) is 6.12. The van der Waals surface area contributed by atoms with Crippen molar-refractivity contribution in [2.75, 3.05) is 11.4 Å². The van der Waals surface area contributed by atoms with Gasteiger partial charge in [0.05, 0.1) is 23.7 Å². The Bertz CT molecular complexity index is 802. The zero-order valence-corrected chi connectivity index (χ0v) is 13.0. The van der Waals surface area contributed by atoms with Crippen LogP contribution in [0.2, 0.25) is 0 Å². The van der Waals surface area contributed by atoms with Gasteiger partial charge in [-0.05, 0) is 38.8 Å². The summed E-state index contributed by atoms with van der Waals surface area (Å²) >= 11 is 0. The molecule has 0 amide bonds. The molecule has 0 unspecified atom stereocenters. The first-order valence-corrected chi connectivity index (χ1v) is 7.78. The maximum Gasteiger partial charge on any atom is 0.142 e. The third kappa shape index (κ3) is 2.15. The van der Waals surface area contributed by atoms with Crippen LogP contribution in [-0.2, 0) is 6.54 Å². The van der Waals surface area contributed by atoms with Crippen LogP contribution in [0.25, 0.3) is 11.0 Å². The van der Waals surface area contributed by atoms with Gasteiger partial charge in [0.15, 0.2) is 0 Å². The molecule has 1 N–H and O–H groups in total. The molecule has 0 bridgehead atoms.